The number of nitrogens with zero attached hydrogens (tertiary/aromatic N) is 1. The highest BCUT2D eigenvalue weighted by Gasteiger charge is 2.09. The Labute approximate surface area is 140 Å². The van der Waals surface area contributed by atoms with Crippen molar-refractivity contribution in [2.75, 3.05) is 11.9 Å². The quantitative estimate of drug-likeness (QED) is 0.466. The summed E-state index contributed by atoms with van der Waals surface area (Å²) in [7, 11) is 0. The first-order valence-corrected chi connectivity index (χ1v) is 7.57. The lowest BCUT2D eigenvalue weighted by Gasteiger charge is -2.06. The Balaban J connectivity index is 1.77. The van der Waals surface area contributed by atoms with E-state index in [0.717, 1.165) is 11.3 Å². The summed E-state index contributed by atoms with van der Waals surface area (Å²) < 4.78 is 5.32. The van der Waals surface area contributed by atoms with Crippen LogP contribution in [-0.2, 0) is 9.59 Å². The van der Waals surface area contributed by atoms with E-state index in [1.165, 1.54) is 6.21 Å². The number of hydrogen-bond donors (Lipinski definition) is 2. The standard InChI is InChI=1S/C18H19N3O3/c1-2-24-16-10-8-15(9-11-16)20-17(22)12-18(23)21-19-13-14-6-4-3-5-7-14/h3-11,13H,2,12H2,1H3,(H,20,22)(H,21,23). The summed E-state index contributed by atoms with van der Waals surface area (Å²) >= 11 is 0. The normalized spacial score (nSPS) is 10.4. The monoisotopic (exact) mass is 325 g/mol. The van der Waals surface area contributed by atoms with E-state index in [1.54, 1.807) is 24.3 Å². The van der Waals surface area contributed by atoms with Crippen LogP contribution in [0.5, 0.6) is 5.75 Å². The number of carbonyl (C=O) groups is 2. The third kappa shape index (κ3) is 5.92. The molecule has 2 amide bonds. The maximum absolute atomic E-state index is 11.8. The number of hydrogen-bond acceptors (Lipinski definition) is 4. The van der Waals surface area contributed by atoms with Gasteiger partial charge in [-0.05, 0) is 36.8 Å². The van der Waals surface area contributed by atoms with Gasteiger partial charge in [-0.1, -0.05) is 30.3 Å². The molecule has 0 spiro atoms. The lowest BCUT2D eigenvalue weighted by atomic mass is 10.2. The average molecular weight is 325 g/mol. The minimum Gasteiger partial charge on any atom is -0.494 e. The fraction of sp³-hybridized carbons (Fsp3) is 0.167. The van der Waals surface area contributed by atoms with Gasteiger partial charge < -0.3 is 10.1 Å². The smallest absolute Gasteiger partial charge is 0.249 e. The summed E-state index contributed by atoms with van der Waals surface area (Å²) in [5.74, 6) is -0.166. The highest BCUT2D eigenvalue weighted by Crippen LogP contribution is 2.15. The predicted molar refractivity (Wildman–Crippen MR) is 93.0 cm³/mol. The van der Waals surface area contributed by atoms with E-state index in [9.17, 15) is 9.59 Å². The van der Waals surface area contributed by atoms with Gasteiger partial charge in [-0.15, -0.1) is 0 Å². The molecule has 0 bridgehead atoms. The molecule has 0 saturated carbocycles. The van der Waals surface area contributed by atoms with Crippen LogP contribution in [0.2, 0.25) is 0 Å². The molecule has 2 N–H and O–H groups in total. The fourth-order valence-corrected chi connectivity index (χ4v) is 1.91. The van der Waals surface area contributed by atoms with Gasteiger partial charge in [0.15, 0.2) is 0 Å². The first kappa shape index (κ1) is 17.2. The maximum atomic E-state index is 11.8. The van der Waals surface area contributed by atoms with Gasteiger partial charge in [0.25, 0.3) is 0 Å². The molecule has 0 atom stereocenters. The Kier molecular flexibility index (Phi) is 6.52. The topological polar surface area (TPSA) is 79.8 Å². The number of ether oxygens (including phenoxy) is 1. The van der Waals surface area contributed by atoms with Crippen molar-refractivity contribution in [3.8, 4) is 5.75 Å². The first-order valence-electron chi connectivity index (χ1n) is 7.57. The summed E-state index contributed by atoms with van der Waals surface area (Å²) in [6, 6.07) is 16.3. The van der Waals surface area contributed by atoms with Crippen LogP contribution in [0.25, 0.3) is 0 Å². The molecule has 24 heavy (non-hydrogen) atoms. The van der Waals surface area contributed by atoms with Crippen LogP contribution in [-0.4, -0.2) is 24.6 Å². The second-order valence-electron chi connectivity index (χ2n) is 4.89. The summed E-state index contributed by atoms with van der Waals surface area (Å²) in [6.07, 6.45) is 1.21. The van der Waals surface area contributed by atoms with Crippen LogP contribution in [0, 0.1) is 0 Å². The van der Waals surface area contributed by atoms with E-state index in [0.29, 0.717) is 12.3 Å². The SMILES string of the molecule is CCOc1ccc(NC(=O)CC(=O)NN=Cc2ccccc2)cc1. The summed E-state index contributed by atoms with van der Waals surface area (Å²) in [5.41, 5.74) is 3.78. The minimum atomic E-state index is -0.481. The molecule has 0 saturated heterocycles. The number of amides is 2. The molecule has 2 aromatic carbocycles. The Bertz CT molecular complexity index is 697. The third-order valence-corrected chi connectivity index (χ3v) is 2.97. The molecule has 0 aromatic heterocycles. The van der Waals surface area contributed by atoms with Gasteiger partial charge in [0.2, 0.25) is 11.8 Å². The third-order valence-electron chi connectivity index (χ3n) is 2.97. The van der Waals surface area contributed by atoms with E-state index >= 15 is 0 Å². The molecule has 0 radical (unpaired) electrons. The van der Waals surface area contributed by atoms with Gasteiger partial charge in [-0.25, -0.2) is 5.43 Å². The zero-order chi connectivity index (χ0) is 17.2. The predicted octanol–water partition coefficient (Wildman–Crippen LogP) is 2.56. The number of hydrazone groups is 1. The molecule has 6 heteroatoms. The van der Waals surface area contributed by atoms with E-state index in [2.05, 4.69) is 15.8 Å². The van der Waals surface area contributed by atoms with Gasteiger partial charge >= 0.3 is 0 Å². The molecule has 0 heterocycles. The molecule has 124 valence electrons. The van der Waals surface area contributed by atoms with Gasteiger partial charge in [-0.2, -0.15) is 5.10 Å². The lowest BCUT2D eigenvalue weighted by Crippen LogP contribution is -2.24. The van der Waals surface area contributed by atoms with Crippen LogP contribution in [0.4, 0.5) is 5.69 Å². The van der Waals surface area contributed by atoms with Crippen LogP contribution >= 0.6 is 0 Å². The van der Waals surface area contributed by atoms with Crippen LogP contribution < -0.4 is 15.5 Å². The van der Waals surface area contributed by atoms with E-state index < -0.39 is 11.8 Å². The zero-order valence-corrected chi connectivity index (χ0v) is 13.4. The van der Waals surface area contributed by atoms with Gasteiger partial charge in [0, 0.05) is 5.69 Å². The summed E-state index contributed by atoms with van der Waals surface area (Å²) in [4.78, 5) is 23.5. The van der Waals surface area contributed by atoms with Crippen molar-refractivity contribution < 1.29 is 14.3 Å². The average Bonchev–Trinajstić information content (AvgIpc) is 2.58. The molecular formula is C18H19N3O3. The van der Waals surface area contributed by atoms with E-state index in [-0.39, 0.29) is 6.42 Å². The largest absolute Gasteiger partial charge is 0.494 e. The van der Waals surface area contributed by atoms with Crippen LogP contribution in [0.1, 0.15) is 18.9 Å². The molecule has 0 aliphatic carbocycles. The molecule has 6 nitrogen and oxygen atoms in total. The van der Waals surface area contributed by atoms with E-state index in [4.69, 9.17) is 4.74 Å². The maximum Gasteiger partial charge on any atom is 0.249 e. The summed E-state index contributed by atoms with van der Waals surface area (Å²) in [6.45, 7) is 2.48. The molecule has 0 unspecified atom stereocenters. The Hall–Kier alpha value is -3.15. The van der Waals surface area contributed by atoms with Crippen molar-refractivity contribution in [2.24, 2.45) is 5.10 Å². The van der Waals surface area contributed by atoms with E-state index in [1.807, 2.05) is 37.3 Å². The molecule has 0 aliphatic rings. The number of carbonyl (C=O) groups excluding carboxylic acids is 2. The number of benzene rings is 2. The second-order valence-corrected chi connectivity index (χ2v) is 4.89. The highest BCUT2D eigenvalue weighted by molar-refractivity contribution is 6.03. The second kappa shape index (κ2) is 9.09. The van der Waals surface area contributed by atoms with Gasteiger partial charge in [0.1, 0.15) is 12.2 Å². The first-order chi connectivity index (χ1) is 11.7. The molecule has 2 rings (SSSR count). The molecule has 2 aromatic rings. The van der Waals surface area contributed by atoms with Gasteiger partial charge in [0.05, 0.1) is 12.8 Å². The molecule has 0 fully saturated rings. The van der Waals surface area contributed by atoms with Crippen molar-refractivity contribution in [3.05, 3.63) is 60.2 Å². The number of nitrogens with one attached hydrogen (secondary N) is 2. The minimum absolute atomic E-state index is 0.306. The highest BCUT2D eigenvalue weighted by atomic mass is 16.5. The van der Waals surface area contributed by atoms with Crippen molar-refractivity contribution >= 4 is 23.7 Å². The zero-order valence-electron chi connectivity index (χ0n) is 13.4. The Morgan fingerprint density at radius 3 is 2.42 bits per heavy atom. The number of anilines is 1. The van der Waals surface area contributed by atoms with Crippen molar-refractivity contribution in [1.29, 1.82) is 0 Å². The Morgan fingerprint density at radius 1 is 1.04 bits per heavy atom. The lowest BCUT2D eigenvalue weighted by molar-refractivity contribution is -0.126. The molecular weight excluding hydrogens is 306 g/mol. The van der Waals surface area contributed by atoms with Crippen LogP contribution in [0.3, 0.4) is 0 Å². The van der Waals surface area contributed by atoms with Gasteiger partial charge in [-0.3, -0.25) is 9.59 Å². The fourth-order valence-electron chi connectivity index (χ4n) is 1.91. The number of rotatable bonds is 7. The van der Waals surface area contributed by atoms with Crippen molar-refractivity contribution in [1.82, 2.24) is 5.43 Å². The molecule has 0 aliphatic heterocycles. The van der Waals surface area contributed by atoms with Crippen molar-refractivity contribution in [3.63, 3.8) is 0 Å². The van der Waals surface area contributed by atoms with Crippen molar-refractivity contribution in [2.45, 2.75) is 13.3 Å². The Morgan fingerprint density at radius 2 is 1.75 bits per heavy atom. The summed E-state index contributed by atoms with van der Waals surface area (Å²) in [5, 5.41) is 6.46. The van der Waals surface area contributed by atoms with Crippen LogP contribution in [0.15, 0.2) is 59.7 Å².